The second-order valence-corrected chi connectivity index (χ2v) is 6.29. The van der Waals surface area contributed by atoms with Crippen LogP contribution in [0.25, 0.3) is 22.6 Å². The number of benzene rings is 2. The molecule has 5 heteroatoms. The molecular weight excluding hydrogens is 311 g/mol. The van der Waals surface area contributed by atoms with E-state index in [4.69, 9.17) is 9.66 Å². The molecule has 0 radical (unpaired) electrons. The Labute approximate surface area is 138 Å². The molecule has 0 atom stereocenters. The summed E-state index contributed by atoms with van der Waals surface area (Å²) in [4.78, 5) is 0.402. The fourth-order valence-corrected chi connectivity index (χ4v) is 3.18. The lowest BCUT2D eigenvalue weighted by Crippen LogP contribution is -1.89. The van der Waals surface area contributed by atoms with Gasteiger partial charge in [0, 0.05) is 17.2 Å². The van der Waals surface area contributed by atoms with Crippen LogP contribution in [0.1, 0.15) is 16.7 Å². The van der Waals surface area contributed by atoms with Gasteiger partial charge in [-0.05, 0) is 62.0 Å². The summed E-state index contributed by atoms with van der Waals surface area (Å²) in [5, 5.41) is 9.56. The summed E-state index contributed by atoms with van der Waals surface area (Å²) in [6.45, 7) is 6.17. The van der Waals surface area contributed by atoms with Crippen molar-refractivity contribution in [1.29, 1.82) is 0 Å². The Hall–Kier alpha value is -2.11. The zero-order valence-corrected chi connectivity index (χ0v) is 14.0. The highest BCUT2D eigenvalue weighted by molar-refractivity contribution is 7.97. The summed E-state index contributed by atoms with van der Waals surface area (Å²) < 4.78 is 19.3. The molecule has 0 unspecified atom stereocenters. The van der Waals surface area contributed by atoms with Crippen molar-refractivity contribution in [2.24, 2.45) is 5.14 Å². The molecule has 118 valence electrons. The third kappa shape index (κ3) is 3.02. The number of aromatic nitrogens is 1. The second kappa shape index (κ2) is 6.18. The van der Waals surface area contributed by atoms with Crippen LogP contribution >= 0.6 is 11.9 Å². The maximum atomic E-state index is 13.9. The van der Waals surface area contributed by atoms with Crippen molar-refractivity contribution < 1.29 is 8.91 Å². The molecule has 0 fully saturated rings. The Balaban J connectivity index is 2.03. The van der Waals surface area contributed by atoms with Crippen molar-refractivity contribution in [2.75, 3.05) is 0 Å². The summed E-state index contributed by atoms with van der Waals surface area (Å²) in [6.07, 6.45) is 0. The van der Waals surface area contributed by atoms with Gasteiger partial charge in [0.05, 0.1) is 4.90 Å². The number of aryl methyl sites for hydroxylation is 3. The first-order chi connectivity index (χ1) is 11.0. The first kappa shape index (κ1) is 15.8. The molecular formula is C18H17FN2OS. The smallest absolute Gasteiger partial charge is 0.167 e. The molecule has 0 spiro atoms. The Morgan fingerprint density at radius 1 is 1.04 bits per heavy atom. The number of rotatable bonds is 3. The van der Waals surface area contributed by atoms with E-state index < -0.39 is 0 Å². The molecule has 1 heterocycles. The quantitative estimate of drug-likeness (QED) is 0.684. The van der Waals surface area contributed by atoms with E-state index in [0.29, 0.717) is 16.2 Å². The maximum Gasteiger partial charge on any atom is 0.167 e. The molecule has 0 amide bonds. The van der Waals surface area contributed by atoms with Crippen LogP contribution in [0.5, 0.6) is 0 Å². The molecule has 3 nitrogen and oxygen atoms in total. The molecule has 0 bridgehead atoms. The predicted octanol–water partition coefficient (Wildman–Crippen LogP) is 5.04. The fraction of sp³-hybridized carbons (Fsp3) is 0.167. The van der Waals surface area contributed by atoms with Crippen molar-refractivity contribution >= 4 is 11.9 Å². The zero-order chi connectivity index (χ0) is 16.6. The van der Waals surface area contributed by atoms with E-state index >= 15 is 0 Å². The molecule has 0 saturated heterocycles. The number of halogens is 1. The molecule has 2 aromatic carbocycles. The van der Waals surface area contributed by atoms with Crippen LogP contribution in [-0.4, -0.2) is 5.16 Å². The van der Waals surface area contributed by atoms with E-state index in [1.807, 2.05) is 6.07 Å². The predicted molar refractivity (Wildman–Crippen MR) is 91.6 cm³/mol. The minimum Gasteiger partial charge on any atom is -0.356 e. The van der Waals surface area contributed by atoms with Gasteiger partial charge >= 0.3 is 0 Å². The summed E-state index contributed by atoms with van der Waals surface area (Å²) in [5.74, 6) is 0.169. The van der Waals surface area contributed by atoms with Gasteiger partial charge in [-0.2, -0.15) is 0 Å². The van der Waals surface area contributed by atoms with E-state index in [-0.39, 0.29) is 5.82 Å². The highest BCUT2D eigenvalue weighted by atomic mass is 32.2. The first-order valence-electron chi connectivity index (χ1n) is 7.21. The van der Waals surface area contributed by atoms with Crippen LogP contribution in [0, 0.1) is 26.6 Å². The van der Waals surface area contributed by atoms with Crippen LogP contribution in [0.4, 0.5) is 4.39 Å². The van der Waals surface area contributed by atoms with Gasteiger partial charge in [-0.1, -0.05) is 22.9 Å². The standard InChI is InChI=1S/C18H17FN2OS/c1-10-6-11(2)18(12(3)7-10)15-9-16(22-21-15)13-4-5-17(23-20)14(19)8-13/h4-9H,20H2,1-3H3. The van der Waals surface area contributed by atoms with E-state index in [1.54, 1.807) is 12.1 Å². The normalized spacial score (nSPS) is 11.0. The van der Waals surface area contributed by atoms with Gasteiger partial charge in [0.15, 0.2) is 5.76 Å². The summed E-state index contributed by atoms with van der Waals surface area (Å²) in [7, 11) is 0. The molecule has 0 saturated carbocycles. The van der Waals surface area contributed by atoms with Crippen molar-refractivity contribution in [1.82, 2.24) is 5.16 Å². The van der Waals surface area contributed by atoms with Gasteiger partial charge in [-0.3, -0.25) is 5.14 Å². The van der Waals surface area contributed by atoms with Gasteiger partial charge in [-0.15, -0.1) is 0 Å². The molecule has 0 aliphatic rings. The van der Waals surface area contributed by atoms with Crippen molar-refractivity contribution in [3.63, 3.8) is 0 Å². The van der Waals surface area contributed by atoms with E-state index in [0.717, 1.165) is 34.3 Å². The topological polar surface area (TPSA) is 52.0 Å². The second-order valence-electron chi connectivity index (χ2n) is 5.61. The van der Waals surface area contributed by atoms with Gasteiger partial charge in [0.25, 0.3) is 0 Å². The summed E-state index contributed by atoms with van der Waals surface area (Å²) >= 11 is 0.885. The Kier molecular flexibility index (Phi) is 4.24. The molecule has 1 aromatic heterocycles. The van der Waals surface area contributed by atoms with Crippen molar-refractivity contribution in [2.45, 2.75) is 25.7 Å². The highest BCUT2D eigenvalue weighted by Gasteiger charge is 2.14. The monoisotopic (exact) mass is 328 g/mol. The van der Waals surface area contributed by atoms with E-state index in [9.17, 15) is 4.39 Å². The van der Waals surface area contributed by atoms with Crippen LogP contribution in [0.15, 0.2) is 45.8 Å². The van der Waals surface area contributed by atoms with E-state index in [2.05, 4.69) is 38.1 Å². The summed E-state index contributed by atoms with van der Waals surface area (Å²) in [6, 6.07) is 10.9. The minimum absolute atomic E-state index is 0.365. The molecule has 23 heavy (non-hydrogen) atoms. The minimum atomic E-state index is -0.365. The third-order valence-corrected chi connectivity index (χ3v) is 4.37. The third-order valence-electron chi connectivity index (χ3n) is 3.79. The van der Waals surface area contributed by atoms with E-state index in [1.165, 1.54) is 11.6 Å². The number of nitrogens with zero attached hydrogens (tertiary/aromatic N) is 1. The largest absolute Gasteiger partial charge is 0.356 e. The summed E-state index contributed by atoms with van der Waals surface area (Å²) in [5.41, 5.74) is 5.95. The van der Waals surface area contributed by atoms with Gasteiger partial charge < -0.3 is 4.52 Å². The molecule has 0 aliphatic heterocycles. The number of hydrogen-bond acceptors (Lipinski definition) is 4. The highest BCUT2D eigenvalue weighted by Crippen LogP contribution is 2.32. The Bertz CT molecular complexity index is 850. The van der Waals surface area contributed by atoms with Crippen LogP contribution in [-0.2, 0) is 0 Å². The van der Waals surface area contributed by atoms with Crippen LogP contribution in [0.3, 0.4) is 0 Å². The molecule has 2 N–H and O–H groups in total. The van der Waals surface area contributed by atoms with Crippen molar-refractivity contribution in [3.05, 3.63) is 58.9 Å². The number of nitrogens with two attached hydrogens (primary N) is 1. The van der Waals surface area contributed by atoms with Gasteiger partial charge in [0.2, 0.25) is 0 Å². The average Bonchev–Trinajstić information content (AvgIpc) is 2.95. The molecule has 3 aromatic rings. The van der Waals surface area contributed by atoms with Gasteiger partial charge in [0.1, 0.15) is 11.5 Å². The maximum absolute atomic E-state index is 13.9. The van der Waals surface area contributed by atoms with Crippen LogP contribution in [0.2, 0.25) is 0 Å². The zero-order valence-electron chi connectivity index (χ0n) is 13.2. The average molecular weight is 328 g/mol. The Morgan fingerprint density at radius 2 is 1.74 bits per heavy atom. The number of hydrogen-bond donors (Lipinski definition) is 1. The fourth-order valence-electron chi connectivity index (χ4n) is 2.86. The lowest BCUT2D eigenvalue weighted by Gasteiger charge is -2.07. The molecule has 3 rings (SSSR count). The Morgan fingerprint density at radius 3 is 2.35 bits per heavy atom. The first-order valence-corrected chi connectivity index (χ1v) is 8.09. The lowest BCUT2D eigenvalue weighted by molar-refractivity contribution is 0.434. The van der Waals surface area contributed by atoms with Crippen molar-refractivity contribution in [3.8, 4) is 22.6 Å². The SMILES string of the molecule is Cc1cc(C)c(-c2cc(-c3ccc(SN)c(F)c3)on2)c(C)c1. The van der Waals surface area contributed by atoms with Crippen LogP contribution < -0.4 is 5.14 Å². The lowest BCUT2D eigenvalue weighted by atomic mass is 9.97. The van der Waals surface area contributed by atoms with Gasteiger partial charge in [-0.25, -0.2) is 4.39 Å². The molecule has 0 aliphatic carbocycles.